The van der Waals surface area contributed by atoms with Crippen LogP contribution in [0, 0.1) is 0 Å². The Morgan fingerprint density at radius 1 is 0.579 bits per heavy atom. The molecule has 3 nitrogen and oxygen atoms in total. The molecule has 1 aromatic heterocycles. The van der Waals surface area contributed by atoms with Gasteiger partial charge in [0.15, 0.2) is 0 Å². The molecule has 0 fully saturated rings. The summed E-state index contributed by atoms with van der Waals surface area (Å²) in [4.78, 5) is 0. The van der Waals surface area contributed by atoms with Crippen LogP contribution >= 0.6 is 0 Å². The summed E-state index contributed by atoms with van der Waals surface area (Å²) in [5.74, 6) is 0. The number of rotatable bonds is 1. The molecule has 0 aliphatic rings. The molecule has 0 bridgehead atoms. The maximum Gasteiger partial charge on any atom is 0.0902 e. The molecule has 0 atom stereocenters. The van der Waals surface area contributed by atoms with Gasteiger partial charge in [-0.25, -0.2) is 0 Å². The van der Waals surface area contributed by atoms with Crippen molar-refractivity contribution in [1.29, 1.82) is 0 Å². The van der Waals surface area contributed by atoms with Gasteiger partial charge in [-0.15, -0.1) is 0 Å². The molecule has 0 spiro atoms. The summed E-state index contributed by atoms with van der Waals surface area (Å²) in [6.45, 7) is 0. The highest BCUT2D eigenvalue weighted by Gasteiger charge is 1.95. The molecule has 96 valence electrons. The molecule has 2 aromatic carbocycles. The Bertz CT molecular complexity index is 523. The van der Waals surface area contributed by atoms with E-state index >= 15 is 0 Å². The van der Waals surface area contributed by atoms with E-state index in [-0.39, 0.29) is 0 Å². The number of benzene rings is 2. The van der Waals surface area contributed by atoms with Gasteiger partial charge < -0.3 is 15.9 Å². The minimum Gasteiger partial charge on any atom is -0.473 e. The molecule has 1 heterocycles. The lowest BCUT2D eigenvalue weighted by molar-refractivity contribution is 0.567. The third-order valence-electron chi connectivity index (χ3n) is 2.58. The zero-order chi connectivity index (χ0) is 13.5. The molecule has 3 heteroatoms. The second-order valence-corrected chi connectivity index (χ2v) is 4.04. The molecule has 0 aliphatic carbocycles. The van der Waals surface area contributed by atoms with E-state index in [9.17, 15) is 0 Å². The molecule has 4 N–H and O–H groups in total. The number of furan rings is 1. The minimum absolute atomic E-state index is 0.782. The van der Waals surface area contributed by atoms with Gasteiger partial charge in [-0.3, -0.25) is 0 Å². The van der Waals surface area contributed by atoms with E-state index in [4.69, 9.17) is 11.5 Å². The summed E-state index contributed by atoms with van der Waals surface area (Å²) in [5, 5.41) is 0. The van der Waals surface area contributed by atoms with Crippen molar-refractivity contribution in [2.24, 2.45) is 0 Å². The molecular formula is C16H16N2O. The lowest BCUT2D eigenvalue weighted by atomic mass is 10.1. The van der Waals surface area contributed by atoms with Crippen LogP contribution in [0.4, 0.5) is 11.4 Å². The van der Waals surface area contributed by atoms with Crippen molar-refractivity contribution in [3.63, 3.8) is 0 Å². The summed E-state index contributed by atoms with van der Waals surface area (Å²) in [5.41, 5.74) is 15.1. The summed E-state index contributed by atoms with van der Waals surface area (Å²) < 4.78 is 4.58. The first-order chi connectivity index (χ1) is 9.25. The first-order valence-corrected chi connectivity index (χ1v) is 5.94. The molecule has 0 radical (unpaired) electrons. The first kappa shape index (κ1) is 12.8. The highest BCUT2D eigenvalue weighted by Crippen LogP contribution is 2.21. The van der Waals surface area contributed by atoms with Crippen molar-refractivity contribution in [1.82, 2.24) is 0 Å². The van der Waals surface area contributed by atoms with Crippen LogP contribution in [-0.4, -0.2) is 0 Å². The highest BCUT2D eigenvalue weighted by atomic mass is 16.3. The quantitative estimate of drug-likeness (QED) is 0.647. The SMILES string of the molecule is Nc1ccc(-c2ccc(N)cc2)cc1.c1ccoc1. The van der Waals surface area contributed by atoms with Gasteiger partial charge in [-0.2, -0.15) is 0 Å². The standard InChI is InChI=1S/C12H12N2.C4H4O/c13-11-5-1-9(2-6-11)10-3-7-12(14)8-4-10;1-2-4-5-3-1/h1-8H,13-14H2;1-4H. The molecule has 0 unspecified atom stereocenters. The topological polar surface area (TPSA) is 65.2 Å². The summed E-state index contributed by atoms with van der Waals surface area (Å²) in [6, 6.07) is 19.2. The fraction of sp³-hybridized carbons (Fsp3) is 0. The Hall–Kier alpha value is -2.68. The van der Waals surface area contributed by atoms with Crippen LogP contribution in [0.15, 0.2) is 77.6 Å². The van der Waals surface area contributed by atoms with Gasteiger partial charge in [0.1, 0.15) is 0 Å². The Morgan fingerprint density at radius 3 is 1.21 bits per heavy atom. The van der Waals surface area contributed by atoms with E-state index in [2.05, 4.69) is 4.42 Å². The number of hydrogen-bond acceptors (Lipinski definition) is 3. The van der Waals surface area contributed by atoms with E-state index in [1.165, 1.54) is 0 Å². The maximum atomic E-state index is 5.61. The smallest absolute Gasteiger partial charge is 0.0902 e. The second-order valence-electron chi connectivity index (χ2n) is 4.04. The van der Waals surface area contributed by atoms with E-state index in [1.54, 1.807) is 12.5 Å². The van der Waals surface area contributed by atoms with Gasteiger partial charge in [-0.05, 0) is 47.5 Å². The zero-order valence-corrected chi connectivity index (χ0v) is 10.5. The zero-order valence-electron chi connectivity index (χ0n) is 10.5. The van der Waals surface area contributed by atoms with Crippen LogP contribution in [-0.2, 0) is 0 Å². The van der Waals surface area contributed by atoms with Crippen molar-refractivity contribution in [2.45, 2.75) is 0 Å². The monoisotopic (exact) mass is 252 g/mol. The largest absolute Gasteiger partial charge is 0.473 e. The average molecular weight is 252 g/mol. The van der Waals surface area contributed by atoms with Crippen molar-refractivity contribution in [3.8, 4) is 11.1 Å². The van der Waals surface area contributed by atoms with Crippen molar-refractivity contribution in [3.05, 3.63) is 73.2 Å². The van der Waals surface area contributed by atoms with Gasteiger partial charge in [-0.1, -0.05) is 24.3 Å². The van der Waals surface area contributed by atoms with Gasteiger partial charge in [0.2, 0.25) is 0 Å². The summed E-state index contributed by atoms with van der Waals surface area (Å²) in [6.07, 6.45) is 3.25. The molecular weight excluding hydrogens is 236 g/mol. The van der Waals surface area contributed by atoms with Crippen molar-refractivity contribution in [2.75, 3.05) is 11.5 Å². The molecule has 0 aliphatic heterocycles. The Balaban J connectivity index is 0.000000224. The molecule has 0 saturated heterocycles. The summed E-state index contributed by atoms with van der Waals surface area (Å²) >= 11 is 0. The fourth-order valence-corrected chi connectivity index (χ4v) is 1.58. The molecule has 0 saturated carbocycles. The van der Waals surface area contributed by atoms with E-state index in [1.807, 2.05) is 60.7 Å². The third-order valence-corrected chi connectivity index (χ3v) is 2.58. The van der Waals surface area contributed by atoms with Crippen LogP contribution in [0.3, 0.4) is 0 Å². The Labute approximate surface area is 112 Å². The number of nitrogen functional groups attached to an aromatic ring is 2. The summed E-state index contributed by atoms with van der Waals surface area (Å²) in [7, 11) is 0. The van der Waals surface area contributed by atoms with E-state index in [0.717, 1.165) is 22.5 Å². The maximum absolute atomic E-state index is 5.61. The normalized spacial score (nSPS) is 9.47. The number of nitrogens with two attached hydrogens (primary N) is 2. The molecule has 3 rings (SSSR count). The van der Waals surface area contributed by atoms with Gasteiger partial charge in [0.25, 0.3) is 0 Å². The number of anilines is 2. The first-order valence-electron chi connectivity index (χ1n) is 5.94. The van der Waals surface area contributed by atoms with Crippen LogP contribution in [0.5, 0.6) is 0 Å². The van der Waals surface area contributed by atoms with Crippen LogP contribution in [0.25, 0.3) is 11.1 Å². The molecule has 3 aromatic rings. The van der Waals surface area contributed by atoms with Crippen LogP contribution in [0.1, 0.15) is 0 Å². The second kappa shape index (κ2) is 6.31. The third kappa shape index (κ3) is 3.92. The minimum atomic E-state index is 0.782. The lowest BCUT2D eigenvalue weighted by Gasteiger charge is -2.02. The van der Waals surface area contributed by atoms with E-state index < -0.39 is 0 Å². The lowest BCUT2D eigenvalue weighted by Crippen LogP contribution is -1.85. The van der Waals surface area contributed by atoms with Crippen LogP contribution < -0.4 is 11.5 Å². The van der Waals surface area contributed by atoms with E-state index in [0.29, 0.717) is 0 Å². The predicted molar refractivity (Wildman–Crippen MR) is 79.4 cm³/mol. The predicted octanol–water partition coefficient (Wildman–Crippen LogP) is 3.80. The van der Waals surface area contributed by atoms with Gasteiger partial charge in [0, 0.05) is 11.4 Å². The van der Waals surface area contributed by atoms with Gasteiger partial charge in [0.05, 0.1) is 12.5 Å². The van der Waals surface area contributed by atoms with Crippen molar-refractivity contribution >= 4 is 11.4 Å². The molecule has 0 amide bonds. The Kier molecular flexibility index (Phi) is 4.24. The highest BCUT2D eigenvalue weighted by molar-refractivity contribution is 5.67. The van der Waals surface area contributed by atoms with Gasteiger partial charge >= 0.3 is 0 Å². The molecule has 19 heavy (non-hydrogen) atoms. The fourth-order valence-electron chi connectivity index (χ4n) is 1.58. The van der Waals surface area contributed by atoms with Crippen LogP contribution in [0.2, 0.25) is 0 Å². The number of hydrogen-bond donors (Lipinski definition) is 2. The Morgan fingerprint density at radius 2 is 0.947 bits per heavy atom. The average Bonchev–Trinajstić information content (AvgIpc) is 3.00. The van der Waals surface area contributed by atoms with Crippen molar-refractivity contribution < 1.29 is 4.42 Å².